The molecule has 0 aliphatic rings. The summed E-state index contributed by atoms with van der Waals surface area (Å²) in [5.74, 6) is 0.215. The Morgan fingerprint density at radius 1 is 1.21 bits per heavy atom. The van der Waals surface area contributed by atoms with Crippen molar-refractivity contribution in [2.75, 3.05) is 16.7 Å². The van der Waals surface area contributed by atoms with E-state index in [0.717, 1.165) is 32.8 Å². The Morgan fingerprint density at radius 3 is 2.59 bits per heavy atom. The summed E-state index contributed by atoms with van der Waals surface area (Å²) in [7, 11) is -3.32. The number of benzene rings is 2. The van der Waals surface area contributed by atoms with Crippen LogP contribution in [0.15, 0.2) is 46.8 Å². The van der Waals surface area contributed by atoms with Gasteiger partial charge < -0.3 is 5.32 Å². The predicted molar refractivity (Wildman–Crippen MR) is 121 cm³/mol. The van der Waals surface area contributed by atoms with Gasteiger partial charge in [-0.3, -0.25) is 9.52 Å². The molecule has 0 bridgehead atoms. The van der Waals surface area contributed by atoms with E-state index in [9.17, 15) is 13.2 Å². The Balaban J connectivity index is 1.58. The minimum Gasteiger partial charge on any atom is -0.349 e. The number of aromatic nitrogens is 1. The van der Waals surface area contributed by atoms with Crippen LogP contribution in [0.5, 0.6) is 0 Å². The van der Waals surface area contributed by atoms with Crippen molar-refractivity contribution in [2.45, 2.75) is 30.6 Å². The summed E-state index contributed by atoms with van der Waals surface area (Å²) in [5.41, 5.74) is 3.63. The summed E-state index contributed by atoms with van der Waals surface area (Å²) in [6, 6.07) is 13.4. The van der Waals surface area contributed by atoms with Crippen LogP contribution in [0, 0.1) is 0 Å². The average Bonchev–Trinajstić information content (AvgIpc) is 3.07. The molecule has 1 amide bonds. The van der Waals surface area contributed by atoms with E-state index in [2.05, 4.69) is 34.1 Å². The Kier molecular flexibility index (Phi) is 6.81. The molecule has 2 N–H and O–H groups in total. The van der Waals surface area contributed by atoms with Gasteiger partial charge in [0.05, 0.1) is 34.0 Å². The average molecular weight is 450 g/mol. The van der Waals surface area contributed by atoms with Crippen molar-refractivity contribution in [3.8, 4) is 0 Å². The number of amides is 1. The van der Waals surface area contributed by atoms with Gasteiger partial charge in [0.25, 0.3) is 0 Å². The van der Waals surface area contributed by atoms with Crippen LogP contribution in [0.4, 0.5) is 5.69 Å². The molecule has 2 aromatic carbocycles. The number of carbonyl (C=O) groups excluding carboxylic acids is 1. The number of rotatable bonds is 8. The zero-order valence-corrected chi connectivity index (χ0v) is 18.9. The van der Waals surface area contributed by atoms with Gasteiger partial charge in [-0.15, -0.1) is 11.3 Å². The van der Waals surface area contributed by atoms with E-state index in [1.54, 1.807) is 18.2 Å². The van der Waals surface area contributed by atoms with Gasteiger partial charge in [-0.25, -0.2) is 13.4 Å². The molecule has 0 saturated heterocycles. The Bertz CT molecular complexity index is 1110. The highest BCUT2D eigenvalue weighted by Crippen LogP contribution is 2.31. The molecule has 3 aromatic rings. The summed E-state index contributed by atoms with van der Waals surface area (Å²) < 4.78 is 26.8. The van der Waals surface area contributed by atoms with Gasteiger partial charge in [0, 0.05) is 0 Å². The van der Waals surface area contributed by atoms with Crippen LogP contribution < -0.4 is 10.0 Å². The number of hydrogen-bond acceptors (Lipinski definition) is 6. The summed E-state index contributed by atoms with van der Waals surface area (Å²) in [6.45, 7) is 4.08. The van der Waals surface area contributed by atoms with Crippen LogP contribution in [0.25, 0.3) is 10.2 Å². The molecular formula is C20H23N3O3S3. The van der Waals surface area contributed by atoms with E-state index in [-0.39, 0.29) is 17.7 Å². The first-order chi connectivity index (χ1) is 13.7. The van der Waals surface area contributed by atoms with Crippen LogP contribution in [-0.2, 0) is 21.2 Å². The maximum Gasteiger partial charge on any atom is 0.230 e. The van der Waals surface area contributed by atoms with Crippen LogP contribution in [0.1, 0.15) is 31.0 Å². The topological polar surface area (TPSA) is 88.2 Å². The van der Waals surface area contributed by atoms with Crippen LogP contribution in [0.3, 0.4) is 0 Å². The van der Waals surface area contributed by atoms with E-state index < -0.39 is 10.0 Å². The fraction of sp³-hybridized carbons (Fsp3) is 0.300. The SMILES string of the molecule is CCc1ccc([C@@H](C)NC(=O)CSc2nc3ccc(NS(C)(=O)=O)cc3s2)cc1. The smallest absolute Gasteiger partial charge is 0.230 e. The summed E-state index contributed by atoms with van der Waals surface area (Å²) in [5, 5.41) is 3.01. The van der Waals surface area contributed by atoms with E-state index in [1.165, 1.54) is 28.7 Å². The molecule has 1 heterocycles. The molecular weight excluding hydrogens is 426 g/mol. The summed E-state index contributed by atoms with van der Waals surface area (Å²) in [6.07, 6.45) is 2.11. The standard InChI is InChI=1S/C20H23N3O3S3/c1-4-14-5-7-15(8-6-14)13(2)21-19(24)12-27-20-22-17-10-9-16(11-18(17)28-20)23-29(3,25)26/h5-11,13,23H,4,12H2,1-3H3,(H,21,24)/t13-/m1/s1. The first-order valence-corrected chi connectivity index (χ1v) is 12.8. The monoisotopic (exact) mass is 449 g/mol. The lowest BCUT2D eigenvalue weighted by atomic mass is 10.1. The van der Waals surface area contributed by atoms with Crippen molar-refractivity contribution in [3.63, 3.8) is 0 Å². The molecule has 0 fully saturated rings. The molecule has 9 heteroatoms. The third kappa shape index (κ3) is 6.19. The van der Waals surface area contributed by atoms with E-state index in [0.29, 0.717) is 5.69 Å². The lowest BCUT2D eigenvalue weighted by molar-refractivity contribution is -0.119. The van der Waals surface area contributed by atoms with Crippen molar-refractivity contribution >= 4 is 54.9 Å². The number of carbonyl (C=O) groups is 1. The number of hydrogen-bond donors (Lipinski definition) is 2. The molecule has 0 spiro atoms. The second-order valence-electron chi connectivity index (χ2n) is 6.71. The molecule has 0 aliphatic heterocycles. The molecule has 1 atom stereocenters. The first-order valence-electron chi connectivity index (χ1n) is 9.13. The number of nitrogens with zero attached hydrogens (tertiary/aromatic N) is 1. The number of sulfonamides is 1. The molecule has 6 nitrogen and oxygen atoms in total. The maximum absolute atomic E-state index is 12.3. The molecule has 0 saturated carbocycles. The zero-order chi connectivity index (χ0) is 21.0. The van der Waals surface area contributed by atoms with Gasteiger partial charge >= 0.3 is 0 Å². The lowest BCUT2D eigenvalue weighted by Crippen LogP contribution is -2.28. The number of nitrogens with one attached hydrogen (secondary N) is 2. The van der Waals surface area contributed by atoms with Gasteiger partial charge in [-0.1, -0.05) is 43.0 Å². The van der Waals surface area contributed by atoms with Crippen molar-refractivity contribution in [1.82, 2.24) is 10.3 Å². The molecule has 154 valence electrons. The predicted octanol–water partition coefficient (Wildman–Crippen LogP) is 4.20. The van der Waals surface area contributed by atoms with Crippen molar-refractivity contribution in [3.05, 3.63) is 53.6 Å². The molecule has 0 radical (unpaired) electrons. The highest BCUT2D eigenvalue weighted by molar-refractivity contribution is 8.01. The number of aryl methyl sites for hydroxylation is 1. The van der Waals surface area contributed by atoms with Gasteiger partial charge in [-0.05, 0) is 42.7 Å². The fourth-order valence-electron chi connectivity index (χ4n) is 2.78. The highest BCUT2D eigenvalue weighted by Gasteiger charge is 2.12. The normalized spacial score (nSPS) is 12.7. The van der Waals surface area contributed by atoms with E-state index in [1.807, 2.05) is 19.1 Å². The third-order valence-electron chi connectivity index (χ3n) is 4.26. The Hall–Kier alpha value is -2.10. The van der Waals surface area contributed by atoms with Gasteiger partial charge in [-0.2, -0.15) is 0 Å². The highest BCUT2D eigenvalue weighted by atomic mass is 32.2. The number of anilines is 1. The largest absolute Gasteiger partial charge is 0.349 e. The molecule has 0 aliphatic carbocycles. The molecule has 29 heavy (non-hydrogen) atoms. The molecule has 1 aromatic heterocycles. The van der Waals surface area contributed by atoms with Gasteiger partial charge in [0.2, 0.25) is 15.9 Å². The number of thioether (sulfide) groups is 1. The minimum atomic E-state index is -3.32. The second-order valence-corrected chi connectivity index (χ2v) is 10.7. The third-order valence-corrected chi connectivity index (χ3v) is 7.03. The molecule has 0 unspecified atom stereocenters. The van der Waals surface area contributed by atoms with Crippen LogP contribution in [0.2, 0.25) is 0 Å². The summed E-state index contributed by atoms with van der Waals surface area (Å²) in [4.78, 5) is 16.8. The van der Waals surface area contributed by atoms with Gasteiger partial charge in [0.15, 0.2) is 4.34 Å². The summed E-state index contributed by atoms with van der Waals surface area (Å²) >= 11 is 2.81. The van der Waals surface area contributed by atoms with E-state index in [4.69, 9.17) is 0 Å². The van der Waals surface area contributed by atoms with Crippen LogP contribution >= 0.6 is 23.1 Å². The molecule has 3 rings (SSSR count). The Labute approximate surface area is 179 Å². The second kappa shape index (κ2) is 9.15. The van der Waals surface area contributed by atoms with Crippen molar-refractivity contribution < 1.29 is 13.2 Å². The first kappa shape index (κ1) is 21.6. The van der Waals surface area contributed by atoms with Crippen LogP contribution in [-0.4, -0.2) is 31.3 Å². The zero-order valence-electron chi connectivity index (χ0n) is 16.4. The van der Waals surface area contributed by atoms with Crippen molar-refractivity contribution in [2.24, 2.45) is 0 Å². The lowest BCUT2D eigenvalue weighted by Gasteiger charge is -2.14. The van der Waals surface area contributed by atoms with Crippen molar-refractivity contribution in [1.29, 1.82) is 0 Å². The van der Waals surface area contributed by atoms with E-state index >= 15 is 0 Å². The van der Waals surface area contributed by atoms with Gasteiger partial charge in [0.1, 0.15) is 0 Å². The number of thiazole rings is 1. The fourth-order valence-corrected chi connectivity index (χ4v) is 5.25. The minimum absolute atomic E-state index is 0.0549. The maximum atomic E-state index is 12.3. The quantitative estimate of drug-likeness (QED) is 0.503. The number of fused-ring (bicyclic) bond motifs is 1. The Morgan fingerprint density at radius 2 is 1.93 bits per heavy atom.